The highest BCUT2D eigenvalue weighted by Gasteiger charge is 2.32. The van der Waals surface area contributed by atoms with Gasteiger partial charge in [0.15, 0.2) is 11.8 Å². The van der Waals surface area contributed by atoms with Crippen molar-refractivity contribution in [2.75, 3.05) is 44.7 Å². The standard InChI is InChI=1S/C17H28N6O2/c1-18-16(20-13-17(25)5-3-4-6-17)23-11-9-22(10-12-23)14-15(24)21(2)8-7-19-14/h7-8,25H,3-6,9-13H2,1-2H3,(H,18,20). The van der Waals surface area contributed by atoms with Crippen LogP contribution in [0.5, 0.6) is 0 Å². The Hall–Kier alpha value is -2.09. The van der Waals surface area contributed by atoms with E-state index in [2.05, 4.69) is 20.2 Å². The molecule has 25 heavy (non-hydrogen) atoms. The van der Waals surface area contributed by atoms with Crippen molar-refractivity contribution in [1.82, 2.24) is 19.8 Å². The first-order valence-electron chi connectivity index (χ1n) is 8.97. The van der Waals surface area contributed by atoms with Crippen LogP contribution in [0.4, 0.5) is 5.82 Å². The number of nitrogens with zero attached hydrogens (tertiary/aromatic N) is 5. The highest BCUT2D eigenvalue weighted by Crippen LogP contribution is 2.28. The zero-order valence-corrected chi connectivity index (χ0v) is 15.1. The van der Waals surface area contributed by atoms with Gasteiger partial charge in [0, 0.05) is 59.2 Å². The molecule has 0 aromatic carbocycles. The molecule has 1 saturated heterocycles. The summed E-state index contributed by atoms with van der Waals surface area (Å²) in [5.74, 6) is 1.32. The van der Waals surface area contributed by atoms with Crippen molar-refractivity contribution >= 4 is 11.8 Å². The maximum Gasteiger partial charge on any atom is 0.293 e. The lowest BCUT2D eigenvalue weighted by Crippen LogP contribution is -2.55. The van der Waals surface area contributed by atoms with Crippen LogP contribution in [0, 0.1) is 0 Å². The quantitative estimate of drug-likeness (QED) is 0.580. The van der Waals surface area contributed by atoms with Crippen molar-refractivity contribution in [2.24, 2.45) is 12.0 Å². The molecule has 2 aliphatic rings. The summed E-state index contributed by atoms with van der Waals surface area (Å²) in [4.78, 5) is 25.0. The average molecular weight is 348 g/mol. The Kier molecular flexibility index (Phi) is 5.27. The van der Waals surface area contributed by atoms with Crippen LogP contribution in [0.15, 0.2) is 22.2 Å². The third kappa shape index (κ3) is 3.95. The van der Waals surface area contributed by atoms with Crippen molar-refractivity contribution in [3.63, 3.8) is 0 Å². The van der Waals surface area contributed by atoms with Crippen LogP contribution in [0.3, 0.4) is 0 Å². The summed E-state index contributed by atoms with van der Waals surface area (Å²) < 4.78 is 1.55. The van der Waals surface area contributed by atoms with Gasteiger partial charge in [0.25, 0.3) is 5.56 Å². The Morgan fingerprint density at radius 2 is 2.00 bits per heavy atom. The zero-order chi connectivity index (χ0) is 17.9. The molecule has 2 heterocycles. The molecule has 1 aromatic rings. The fourth-order valence-corrected chi connectivity index (χ4v) is 3.62. The predicted octanol–water partition coefficient (Wildman–Crippen LogP) is -0.217. The van der Waals surface area contributed by atoms with Gasteiger partial charge in [0.2, 0.25) is 0 Å². The van der Waals surface area contributed by atoms with Crippen LogP contribution in [-0.2, 0) is 7.05 Å². The highest BCUT2D eigenvalue weighted by molar-refractivity contribution is 5.80. The van der Waals surface area contributed by atoms with Gasteiger partial charge in [-0.25, -0.2) is 4.98 Å². The number of piperazine rings is 1. The summed E-state index contributed by atoms with van der Waals surface area (Å²) in [7, 11) is 3.51. The van der Waals surface area contributed by atoms with E-state index in [1.807, 2.05) is 4.90 Å². The van der Waals surface area contributed by atoms with E-state index >= 15 is 0 Å². The average Bonchev–Trinajstić information content (AvgIpc) is 3.05. The lowest BCUT2D eigenvalue weighted by atomic mass is 10.0. The largest absolute Gasteiger partial charge is 0.388 e. The molecule has 0 spiro atoms. The molecule has 0 amide bonds. The number of guanidine groups is 1. The molecule has 2 fully saturated rings. The smallest absolute Gasteiger partial charge is 0.293 e. The molecule has 2 N–H and O–H groups in total. The number of anilines is 1. The first-order valence-corrected chi connectivity index (χ1v) is 8.97. The van der Waals surface area contributed by atoms with Gasteiger partial charge in [0.05, 0.1) is 5.60 Å². The molecule has 1 aliphatic heterocycles. The molecule has 8 nitrogen and oxygen atoms in total. The van der Waals surface area contributed by atoms with E-state index in [0.29, 0.717) is 12.4 Å². The Morgan fingerprint density at radius 3 is 2.64 bits per heavy atom. The van der Waals surface area contributed by atoms with Crippen LogP contribution in [0.1, 0.15) is 25.7 Å². The Morgan fingerprint density at radius 1 is 1.32 bits per heavy atom. The van der Waals surface area contributed by atoms with Gasteiger partial charge in [-0.05, 0) is 12.8 Å². The first-order chi connectivity index (χ1) is 12.0. The lowest BCUT2D eigenvalue weighted by molar-refractivity contribution is 0.0515. The number of rotatable bonds is 3. The minimum Gasteiger partial charge on any atom is -0.388 e. The van der Waals surface area contributed by atoms with Gasteiger partial charge < -0.3 is 24.8 Å². The van der Waals surface area contributed by atoms with Crippen molar-refractivity contribution in [2.45, 2.75) is 31.3 Å². The summed E-state index contributed by atoms with van der Waals surface area (Å²) in [6.45, 7) is 3.50. The van der Waals surface area contributed by atoms with Gasteiger partial charge >= 0.3 is 0 Å². The van der Waals surface area contributed by atoms with Crippen LogP contribution >= 0.6 is 0 Å². The van der Waals surface area contributed by atoms with Gasteiger partial charge in [0.1, 0.15) is 0 Å². The van der Waals surface area contributed by atoms with Gasteiger partial charge in [-0.1, -0.05) is 12.8 Å². The maximum atomic E-state index is 12.2. The number of aliphatic hydroxyl groups is 1. The van der Waals surface area contributed by atoms with E-state index in [1.165, 1.54) is 0 Å². The highest BCUT2D eigenvalue weighted by atomic mass is 16.3. The Balaban J connectivity index is 1.57. The van der Waals surface area contributed by atoms with E-state index in [0.717, 1.165) is 57.8 Å². The molecule has 3 rings (SSSR count). The second-order valence-corrected chi connectivity index (χ2v) is 6.97. The molecule has 1 saturated carbocycles. The SMILES string of the molecule is CN=C(NCC1(O)CCCC1)N1CCN(c2nccn(C)c2=O)CC1. The molecular formula is C17H28N6O2. The molecule has 0 bridgehead atoms. The second-order valence-electron chi connectivity index (χ2n) is 6.97. The van der Waals surface area contributed by atoms with Gasteiger partial charge in [-0.2, -0.15) is 0 Å². The first kappa shape index (κ1) is 17.7. The summed E-state index contributed by atoms with van der Waals surface area (Å²) >= 11 is 0. The van der Waals surface area contributed by atoms with E-state index < -0.39 is 5.60 Å². The van der Waals surface area contributed by atoms with E-state index in [4.69, 9.17) is 0 Å². The van der Waals surface area contributed by atoms with Crippen LogP contribution in [0.25, 0.3) is 0 Å². The number of nitrogens with one attached hydrogen (secondary N) is 1. The van der Waals surface area contributed by atoms with Crippen molar-refractivity contribution in [3.05, 3.63) is 22.7 Å². The molecule has 0 unspecified atom stereocenters. The monoisotopic (exact) mass is 348 g/mol. The molecule has 0 radical (unpaired) electrons. The molecule has 1 aromatic heterocycles. The Labute approximate surface area is 148 Å². The van der Waals surface area contributed by atoms with Gasteiger partial charge in [-0.3, -0.25) is 9.79 Å². The zero-order valence-electron chi connectivity index (χ0n) is 15.1. The maximum absolute atomic E-state index is 12.2. The number of aliphatic imine (C=N–C) groups is 1. The molecule has 8 heteroatoms. The summed E-state index contributed by atoms with van der Waals surface area (Å²) in [5, 5.41) is 13.8. The summed E-state index contributed by atoms with van der Waals surface area (Å²) in [6, 6.07) is 0. The van der Waals surface area contributed by atoms with Crippen molar-refractivity contribution in [3.8, 4) is 0 Å². The van der Waals surface area contributed by atoms with E-state index in [9.17, 15) is 9.90 Å². The normalized spacial score (nSPS) is 20.8. The van der Waals surface area contributed by atoms with E-state index in [1.54, 1.807) is 31.1 Å². The predicted molar refractivity (Wildman–Crippen MR) is 98.0 cm³/mol. The molecular weight excluding hydrogens is 320 g/mol. The van der Waals surface area contributed by atoms with Crippen LogP contribution < -0.4 is 15.8 Å². The van der Waals surface area contributed by atoms with Crippen molar-refractivity contribution < 1.29 is 5.11 Å². The third-order valence-electron chi connectivity index (χ3n) is 5.20. The minimum absolute atomic E-state index is 0.0677. The number of hydrogen-bond acceptors (Lipinski definition) is 5. The minimum atomic E-state index is -0.599. The van der Waals surface area contributed by atoms with Crippen LogP contribution in [-0.4, -0.2) is 70.9 Å². The Bertz CT molecular complexity index is 672. The second kappa shape index (κ2) is 7.43. The molecule has 1 aliphatic carbocycles. The summed E-state index contributed by atoms with van der Waals surface area (Å²) in [5.41, 5.74) is -0.667. The fourth-order valence-electron chi connectivity index (χ4n) is 3.62. The molecule has 0 atom stereocenters. The number of hydrogen-bond donors (Lipinski definition) is 2. The summed E-state index contributed by atoms with van der Waals surface area (Å²) in [6.07, 6.45) is 7.22. The number of aryl methyl sites for hydroxylation is 1. The van der Waals surface area contributed by atoms with Crippen LogP contribution in [0.2, 0.25) is 0 Å². The molecule has 138 valence electrons. The fraction of sp³-hybridized carbons (Fsp3) is 0.706. The topological polar surface area (TPSA) is 86.0 Å². The third-order valence-corrected chi connectivity index (χ3v) is 5.20. The lowest BCUT2D eigenvalue weighted by Gasteiger charge is -2.37. The van der Waals surface area contributed by atoms with E-state index in [-0.39, 0.29) is 5.56 Å². The van der Waals surface area contributed by atoms with Crippen molar-refractivity contribution in [1.29, 1.82) is 0 Å². The van der Waals surface area contributed by atoms with Gasteiger partial charge in [-0.15, -0.1) is 0 Å². The number of aromatic nitrogens is 2.